The summed E-state index contributed by atoms with van der Waals surface area (Å²) in [6, 6.07) is 18.6. The Morgan fingerprint density at radius 2 is 1.67 bits per heavy atom. The number of halogens is 1. The van der Waals surface area contributed by atoms with Crippen molar-refractivity contribution in [1.29, 1.82) is 0 Å². The highest BCUT2D eigenvalue weighted by molar-refractivity contribution is 6.23. The largest absolute Gasteiger partial charge is 0.387 e. The first-order chi connectivity index (χ1) is 14.5. The summed E-state index contributed by atoms with van der Waals surface area (Å²) in [6.07, 6.45) is 1.19. The van der Waals surface area contributed by atoms with Crippen molar-refractivity contribution in [2.24, 2.45) is 0 Å². The van der Waals surface area contributed by atoms with Gasteiger partial charge in [-0.3, -0.25) is 0 Å². The first-order valence-corrected chi connectivity index (χ1v) is 10.7. The summed E-state index contributed by atoms with van der Waals surface area (Å²) in [7, 11) is 0. The van der Waals surface area contributed by atoms with Gasteiger partial charge in [0.25, 0.3) is 0 Å². The highest BCUT2D eigenvalue weighted by atomic mass is 35.5. The van der Waals surface area contributed by atoms with Crippen LogP contribution in [0.25, 0.3) is 27.5 Å². The lowest BCUT2D eigenvalue weighted by Gasteiger charge is -2.36. The van der Waals surface area contributed by atoms with Gasteiger partial charge in [0.1, 0.15) is 12.2 Å². The molecule has 3 nitrogen and oxygen atoms in total. The third kappa shape index (κ3) is 2.85. The number of alkyl halides is 1. The van der Waals surface area contributed by atoms with Gasteiger partial charge in [0.2, 0.25) is 0 Å². The molecule has 0 spiro atoms. The van der Waals surface area contributed by atoms with Crippen LogP contribution in [0.4, 0.5) is 0 Å². The van der Waals surface area contributed by atoms with Gasteiger partial charge in [-0.15, -0.1) is 11.6 Å². The molecule has 30 heavy (non-hydrogen) atoms. The molecule has 0 amide bonds. The predicted molar refractivity (Wildman–Crippen MR) is 121 cm³/mol. The third-order valence-electron chi connectivity index (χ3n) is 6.35. The Morgan fingerprint density at radius 3 is 2.47 bits per heavy atom. The summed E-state index contributed by atoms with van der Waals surface area (Å²) in [4.78, 5) is 0. The van der Waals surface area contributed by atoms with Crippen LogP contribution in [-0.4, -0.2) is 32.9 Å². The summed E-state index contributed by atoms with van der Waals surface area (Å²) in [5, 5.41) is 33.6. The highest BCUT2D eigenvalue weighted by Gasteiger charge is 2.40. The second kappa shape index (κ2) is 7.36. The molecular weight excluding hydrogens is 396 g/mol. The van der Waals surface area contributed by atoms with Crippen LogP contribution < -0.4 is 0 Å². The Kier molecular flexibility index (Phi) is 4.79. The maximum atomic E-state index is 11.0. The molecule has 3 N–H and O–H groups in total. The Labute approximate surface area is 180 Å². The van der Waals surface area contributed by atoms with E-state index in [1.54, 1.807) is 6.08 Å². The fraction of sp³-hybridized carbons (Fsp3) is 0.231. The van der Waals surface area contributed by atoms with Crippen molar-refractivity contribution in [1.82, 2.24) is 0 Å². The lowest BCUT2D eigenvalue weighted by molar-refractivity contribution is 0.0249. The molecule has 5 rings (SSSR count). The zero-order chi connectivity index (χ0) is 21.0. The highest BCUT2D eigenvalue weighted by Crippen LogP contribution is 2.45. The van der Waals surface area contributed by atoms with E-state index in [1.165, 1.54) is 11.1 Å². The van der Waals surface area contributed by atoms with E-state index < -0.39 is 23.7 Å². The first kappa shape index (κ1) is 19.5. The zero-order valence-electron chi connectivity index (χ0n) is 16.6. The smallest absolute Gasteiger partial charge is 0.110 e. The minimum Gasteiger partial charge on any atom is -0.387 e. The molecule has 0 saturated carbocycles. The van der Waals surface area contributed by atoms with Crippen LogP contribution >= 0.6 is 11.6 Å². The number of rotatable bonds is 2. The maximum absolute atomic E-state index is 11.0. The molecule has 0 fully saturated rings. The number of hydrogen-bond acceptors (Lipinski definition) is 3. The average molecular weight is 419 g/mol. The minimum absolute atomic E-state index is 0.394. The molecular formula is C26H23ClO3. The van der Waals surface area contributed by atoms with Crippen LogP contribution in [0.15, 0.2) is 72.3 Å². The van der Waals surface area contributed by atoms with Crippen molar-refractivity contribution < 1.29 is 15.3 Å². The predicted octanol–water partition coefficient (Wildman–Crippen LogP) is 4.77. The monoisotopic (exact) mass is 418 g/mol. The maximum Gasteiger partial charge on any atom is 0.110 e. The standard InChI is InChI=1S/C26H23ClO3/c1-2-14-5-3-4-6-17(14)15-7-9-18-16(13-15)8-10-19-20-11-12-21(27)24(28)23(20)26(30)25(29)22(18)19/h3-13,21,24-26,28-30H,2H2,1H3. The van der Waals surface area contributed by atoms with Gasteiger partial charge in [0.15, 0.2) is 0 Å². The van der Waals surface area contributed by atoms with Gasteiger partial charge >= 0.3 is 0 Å². The van der Waals surface area contributed by atoms with E-state index in [0.717, 1.165) is 33.9 Å². The molecule has 0 saturated heterocycles. The fourth-order valence-corrected chi connectivity index (χ4v) is 5.02. The molecule has 0 radical (unpaired) electrons. The summed E-state index contributed by atoms with van der Waals surface area (Å²) in [5.41, 5.74) is 6.28. The molecule has 0 heterocycles. The number of allylic oxidation sites excluding steroid dienone is 2. The Bertz CT molecular complexity index is 1210. The molecule has 4 heteroatoms. The van der Waals surface area contributed by atoms with E-state index in [4.69, 9.17) is 11.6 Å². The van der Waals surface area contributed by atoms with Crippen LogP contribution in [0.2, 0.25) is 0 Å². The number of aryl methyl sites for hydroxylation is 1. The Morgan fingerprint density at radius 1 is 0.867 bits per heavy atom. The van der Waals surface area contributed by atoms with Crippen molar-refractivity contribution in [3.05, 3.63) is 89.0 Å². The van der Waals surface area contributed by atoms with Crippen LogP contribution in [0, 0.1) is 0 Å². The quantitative estimate of drug-likeness (QED) is 0.525. The van der Waals surface area contributed by atoms with Crippen LogP contribution in [0.5, 0.6) is 0 Å². The molecule has 0 aromatic heterocycles. The van der Waals surface area contributed by atoms with E-state index >= 15 is 0 Å². The SMILES string of the molecule is CCc1ccccc1-c1ccc2c3c(ccc2c1)C1=C(C(O)C(Cl)C=C1)C(O)C3O. The zero-order valence-corrected chi connectivity index (χ0v) is 17.3. The molecule has 4 unspecified atom stereocenters. The van der Waals surface area contributed by atoms with Crippen molar-refractivity contribution in [3.63, 3.8) is 0 Å². The van der Waals surface area contributed by atoms with Gasteiger partial charge in [-0.25, -0.2) is 0 Å². The minimum atomic E-state index is -1.19. The van der Waals surface area contributed by atoms with Crippen LogP contribution in [-0.2, 0) is 6.42 Å². The third-order valence-corrected chi connectivity index (χ3v) is 6.74. The van der Waals surface area contributed by atoms with Crippen molar-refractivity contribution in [2.45, 2.75) is 37.0 Å². The van der Waals surface area contributed by atoms with Gasteiger partial charge in [0.05, 0.1) is 11.5 Å². The van der Waals surface area contributed by atoms with Crippen molar-refractivity contribution >= 4 is 27.9 Å². The van der Waals surface area contributed by atoms with Crippen molar-refractivity contribution in [2.75, 3.05) is 0 Å². The average Bonchev–Trinajstić information content (AvgIpc) is 2.78. The van der Waals surface area contributed by atoms with E-state index in [0.29, 0.717) is 11.1 Å². The molecule has 3 aromatic carbocycles. The number of benzene rings is 3. The lowest BCUT2D eigenvalue weighted by atomic mass is 9.75. The summed E-state index contributed by atoms with van der Waals surface area (Å²) in [6.45, 7) is 2.15. The molecule has 152 valence electrons. The van der Waals surface area contributed by atoms with Gasteiger partial charge in [0, 0.05) is 0 Å². The molecule has 4 atom stereocenters. The second-order valence-electron chi connectivity index (χ2n) is 7.98. The molecule has 2 aliphatic carbocycles. The van der Waals surface area contributed by atoms with E-state index in [1.807, 2.05) is 30.3 Å². The molecule has 0 bridgehead atoms. The Balaban J connectivity index is 1.71. The molecule has 2 aliphatic rings. The summed E-state index contributed by atoms with van der Waals surface area (Å²) in [5.74, 6) is 0. The van der Waals surface area contributed by atoms with Crippen molar-refractivity contribution in [3.8, 4) is 11.1 Å². The normalized spacial score (nSPS) is 25.4. The molecule has 0 aliphatic heterocycles. The lowest BCUT2D eigenvalue weighted by Crippen LogP contribution is -2.37. The van der Waals surface area contributed by atoms with Gasteiger partial charge in [-0.1, -0.05) is 67.6 Å². The summed E-state index contributed by atoms with van der Waals surface area (Å²) >= 11 is 6.16. The molecule has 3 aromatic rings. The number of fused-ring (bicyclic) bond motifs is 4. The topological polar surface area (TPSA) is 60.7 Å². The van der Waals surface area contributed by atoms with E-state index in [-0.39, 0.29) is 0 Å². The van der Waals surface area contributed by atoms with Crippen LogP contribution in [0.3, 0.4) is 0 Å². The fourth-order valence-electron chi connectivity index (χ4n) is 4.81. The number of aliphatic hydroxyl groups excluding tert-OH is 3. The number of aliphatic hydroxyl groups is 3. The first-order valence-electron chi connectivity index (χ1n) is 10.3. The number of hydrogen-bond donors (Lipinski definition) is 3. The second-order valence-corrected chi connectivity index (χ2v) is 8.48. The Hall–Kier alpha value is -2.43. The van der Waals surface area contributed by atoms with Gasteiger partial charge in [-0.05, 0) is 62.2 Å². The van der Waals surface area contributed by atoms with Gasteiger partial charge in [-0.2, -0.15) is 0 Å². The van der Waals surface area contributed by atoms with Gasteiger partial charge < -0.3 is 15.3 Å². The van der Waals surface area contributed by atoms with E-state index in [2.05, 4.69) is 37.3 Å². The summed E-state index contributed by atoms with van der Waals surface area (Å²) < 4.78 is 0. The van der Waals surface area contributed by atoms with Crippen LogP contribution in [0.1, 0.15) is 29.7 Å². The van der Waals surface area contributed by atoms with E-state index in [9.17, 15) is 15.3 Å².